The van der Waals surface area contributed by atoms with Gasteiger partial charge in [0.25, 0.3) is 0 Å². The Morgan fingerprint density at radius 2 is 1.50 bits per heavy atom. The Balaban J connectivity index is 3.45. The van der Waals surface area contributed by atoms with Gasteiger partial charge in [0.1, 0.15) is 5.75 Å². The molecule has 0 fully saturated rings. The molecule has 0 spiro atoms. The average Bonchev–Trinajstić information content (AvgIpc) is 2.46. The van der Waals surface area contributed by atoms with Crippen molar-refractivity contribution in [1.29, 1.82) is 0 Å². The second kappa shape index (κ2) is 7.75. The predicted molar refractivity (Wildman–Crippen MR) is 81.5 cm³/mol. The summed E-state index contributed by atoms with van der Waals surface area (Å²) in [6.45, 7) is 0. The number of esters is 2. The summed E-state index contributed by atoms with van der Waals surface area (Å²) in [4.78, 5) is 23.9. The summed E-state index contributed by atoms with van der Waals surface area (Å²) in [5.74, 6) is -0.717. The van der Waals surface area contributed by atoms with Crippen molar-refractivity contribution in [3.63, 3.8) is 0 Å². The number of hydrogen-bond donors (Lipinski definition) is 0. The van der Waals surface area contributed by atoms with E-state index in [1.165, 1.54) is 14.2 Å². The first-order chi connectivity index (χ1) is 9.51. The fourth-order valence-electron chi connectivity index (χ4n) is 1.76. The summed E-state index contributed by atoms with van der Waals surface area (Å²) in [6.07, 6.45) is 4.10. The van der Waals surface area contributed by atoms with E-state index in [1.54, 1.807) is 0 Å². The van der Waals surface area contributed by atoms with Gasteiger partial charge in [-0.15, -0.1) is 0 Å². The minimum Gasteiger partial charge on any atom is -0.465 e. The van der Waals surface area contributed by atoms with Crippen molar-refractivity contribution in [1.82, 2.24) is 0 Å². The smallest absolute Gasteiger partial charge is 0.345 e. The lowest BCUT2D eigenvalue weighted by Gasteiger charge is -2.11. The lowest BCUT2D eigenvalue weighted by atomic mass is 10.0. The molecule has 4 nitrogen and oxygen atoms in total. The quantitative estimate of drug-likeness (QED) is 0.273. The van der Waals surface area contributed by atoms with E-state index in [1.807, 2.05) is 30.3 Å². The van der Waals surface area contributed by atoms with Crippen LogP contribution in [0.1, 0.15) is 5.56 Å². The lowest BCUT2D eigenvalue weighted by molar-refractivity contribution is -0.143. The first-order valence-electron chi connectivity index (χ1n) is 6.00. The Bertz CT molecular complexity index is 488. The molecule has 0 bridgehead atoms. The number of methoxy groups -OCH3 is 2. The zero-order valence-electron chi connectivity index (χ0n) is 12.1. The Hall–Kier alpha value is -1.75. The highest BCUT2D eigenvalue weighted by atomic mass is 32.2. The third-order valence-corrected chi connectivity index (χ3v) is 3.50. The number of rotatable bonds is 5. The van der Waals surface area contributed by atoms with Crippen molar-refractivity contribution < 1.29 is 19.1 Å². The standard InChI is InChI=1S/C15H19O4S/c1-18-14(16)13(15(17)19-2)12(10-20(3)4)11-8-6-5-7-9-11/h5-9H,10H2,1-4H3/q+1. The molecule has 5 heteroatoms. The van der Waals surface area contributed by atoms with Crippen LogP contribution in [0.15, 0.2) is 35.9 Å². The van der Waals surface area contributed by atoms with Crippen LogP contribution in [0.3, 0.4) is 0 Å². The average molecular weight is 295 g/mol. The summed E-state index contributed by atoms with van der Waals surface area (Å²) in [7, 11) is 2.53. The third-order valence-electron chi connectivity index (χ3n) is 2.64. The Kier molecular flexibility index (Phi) is 6.31. The molecule has 1 rings (SSSR count). The van der Waals surface area contributed by atoms with Gasteiger partial charge in [-0.25, -0.2) is 9.59 Å². The van der Waals surface area contributed by atoms with Crippen LogP contribution in [0.5, 0.6) is 0 Å². The minimum absolute atomic E-state index is 0.0228. The van der Waals surface area contributed by atoms with Crippen LogP contribution in [0.25, 0.3) is 5.57 Å². The van der Waals surface area contributed by atoms with Crippen molar-refractivity contribution in [3.05, 3.63) is 41.5 Å². The van der Waals surface area contributed by atoms with Crippen molar-refractivity contribution in [3.8, 4) is 0 Å². The topological polar surface area (TPSA) is 52.6 Å². The Morgan fingerprint density at radius 1 is 1.00 bits per heavy atom. The fraction of sp³-hybridized carbons (Fsp3) is 0.333. The van der Waals surface area contributed by atoms with Gasteiger partial charge in [0, 0.05) is 5.57 Å². The molecule has 0 unspecified atom stereocenters. The molecule has 0 aromatic heterocycles. The number of ether oxygens (including phenoxy) is 2. The van der Waals surface area contributed by atoms with Gasteiger partial charge in [0.05, 0.1) is 26.7 Å². The summed E-state index contributed by atoms with van der Waals surface area (Å²) in [5.41, 5.74) is 1.47. The van der Waals surface area contributed by atoms with Gasteiger partial charge in [0.2, 0.25) is 0 Å². The zero-order chi connectivity index (χ0) is 15.1. The molecular weight excluding hydrogens is 276 g/mol. The maximum absolute atomic E-state index is 11.9. The van der Waals surface area contributed by atoms with E-state index in [2.05, 4.69) is 12.5 Å². The molecule has 0 aliphatic heterocycles. The molecular formula is C15H19O4S+. The SMILES string of the molecule is COC(=O)C(C(=O)OC)=C(C[S+](C)C)c1ccccc1. The van der Waals surface area contributed by atoms with Crippen molar-refractivity contribution in [2.45, 2.75) is 0 Å². The van der Waals surface area contributed by atoms with Crippen LogP contribution in [0, 0.1) is 0 Å². The van der Waals surface area contributed by atoms with Crippen molar-refractivity contribution in [2.24, 2.45) is 0 Å². The van der Waals surface area contributed by atoms with Gasteiger partial charge in [-0.1, -0.05) is 30.3 Å². The van der Waals surface area contributed by atoms with Crippen LogP contribution in [-0.4, -0.2) is 44.4 Å². The van der Waals surface area contributed by atoms with E-state index >= 15 is 0 Å². The lowest BCUT2D eigenvalue weighted by Crippen LogP contribution is -2.20. The van der Waals surface area contributed by atoms with Crippen molar-refractivity contribution >= 4 is 28.4 Å². The maximum Gasteiger partial charge on any atom is 0.345 e. The third kappa shape index (κ3) is 4.13. The molecule has 0 aliphatic rings. The molecule has 0 saturated carbocycles. The monoisotopic (exact) mass is 295 g/mol. The van der Waals surface area contributed by atoms with Crippen LogP contribution in [0.2, 0.25) is 0 Å². The van der Waals surface area contributed by atoms with Gasteiger partial charge in [-0.2, -0.15) is 0 Å². The Morgan fingerprint density at radius 3 is 1.90 bits per heavy atom. The van der Waals surface area contributed by atoms with Crippen LogP contribution >= 0.6 is 0 Å². The number of benzene rings is 1. The molecule has 0 N–H and O–H groups in total. The highest BCUT2D eigenvalue weighted by Crippen LogP contribution is 2.22. The molecule has 0 heterocycles. The van der Waals surface area contributed by atoms with Crippen molar-refractivity contribution in [2.75, 3.05) is 32.5 Å². The molecule has 1 aromatic carbocycles. The highest BCUT2D eigenvalue weighted by molar-refractivity contribution is 7.95. The van der Waals surface area contributed by atoms with Crippen LogP contribution < -0.4 is 0 Å². The largest absolute Gasteiger partial charge is 0.465 e. The van der Waals surface area contributed by atoms with Gasteiger partial charge in [-0.05, 0) is 16.5 Å². The molecule has 0 aliphatic carbocycles. The fourth-order valence-corrected chi connectivity index (χ4v) is 2.65. The van der Waals surface area contributed by atoms with E-state index < -0.39 is 11.9 Å². The summed E-state index contributed by atoms with van der Waals surface area (Å²) in [5, 5.41) is 0. The van der Waals surface area contributed by atoms with E-state index in [9.17, 15) is 9.59 Å². The number of carbonyl (C=O) groups is 2. The van der Waals surface area contributed by atoms with E-state index in [-0.39, 0.29) is 16.5 Å². The molecule has 0 radical (unpaired) electrons. The van der Waals surface area contributed by atoms with Gasteiger partial charge in [-0.3, -0.25) is 0 Å². The van der Waals surface area contributed by atoms with Gasteiger partial charge >= 0.3 is 11.9 Å². The zero-order valence-corrected chi connectivity index (χ0v) is 13.0. The number of carbonyl (C=O) groups excluding carboxylic acids is 2. The maximum atomic E-state index is 11.9. The van der Waals surface area contributed by atoms with Crippen LogP contribution in [0.4, 0.5) is 0 Å². The predicted octanol–water partition coefficient (Wildman–Crippen LogP) is 1.66. The van der Waals surface area contributed by atoms with E-state index in [4.69, 9.17) is 9.47 Å². The minimum atomic E-state index is -0.666. The second-order valence-corrected chi connectivity index (χ2v) is 6.59. The molecule has 0 amide bonds. The molecule has 0 atom stereocenters. The first-order valence-corrected chi connectivity index (χ1v) is 8.21. The summed E-state index contributed by atoms with van der Waals surface area (Å²) < 4.78 is 9.45. The van der Waals surface area contributed by atoms with Crippen LogP contribution in [-0.2, 0) is 30.0 Å². The molecule has 20 heavy (non-hydrogen) atoms. The normalized spacial score (nSPS) is 10.1. The summed E-state index contributed by atoms with van der Waals surface area (Å²) >= 11 is 0. The number of hydrogen-bond acceptors (Lipinski definition) is 4. The first kappa shape index (κ1) is 16.3. The molecule has 1 aromatic rings. The van der Waals surface area contributed by atoms with Gasteiger partial charge in [0.15, 0.2) is 5.57 Å². The van der Waals surface area contributed by atoms with E-state index in [0.717, 1.165) is 5.56 Å². The molecule has 0 saturated heterocycles. The van der Waals surface area contributed by atoms with E-state index in [0.29, 0.717) is 11.3 Å². The van der Waals surface area contributed by atoms with Gasteiger partial charge < -0.3 is 9.47 Å². The summed E-state index contributed by atoms with van der Waals surface area (Å²) in [6, 6.07) is 9.35. The highest BCUT2D eigenvalue weighted by Gasteiger charge is 2.28. The molecule has 108 valence electrons. The second-order valence-electron chi connectivity index (χ2n) is 4.33. The Labute approximate surface area is 122 Å².